The maximum atomic E-state index is 5.92. The van der Waals surface area contributed by atoms with Crippen LogP contribution in [0.25, 0.3) is 0 Å². The Morgan fingerprint density at radius 2 is 1.91 bits per heavy atom. The van der Waals surface area contributed by atoms with E-state index >= 15 is 0 Å². The largest absolute Gasteiger partial charge is 0.489 e. The Hall–Kier alpha value is -2.27. The Morgan fingerprint density at radius 3 is 2.64 bits per heavy atom. The highest BCUT2D eigenvalue weighted by atomic mass is 32.1. The van der Waals surface area contributed by atoms with E-state index in [0.29, 0.717) is 11.7 Å². The summed E-state index contributed by atoms with van der Waals surface area (Å²) in [5.74, 6) is 0.867. The maximum Gasteiger partial charge on any atom is 0.222 e. The Bertz CT molecular complexity index is 715. The van der Waals surface area contributed by atoms with Crippen molar-refractivity contribution in [2.75, 3.05) is 11.5 Å². The van der Waals surface area contributed by atoms with Gasteiger partial charge in [-0.15, -0.1) is 5.11 Å². The molecule has 2 aromatic carbocycles. The monoisotopic (exact) mass is 311 g/mol. The highest BCUT2D eigenvalue weighted by Crippen LogP contribution is 2.25. The fourth-order valence-electron chi connectivity index (χ4n) is 2.45. The molecular formula is C17H17N3OS. The molecule has 0 spiro atoms. The van der Waals surface area contributed by atoms with E-state index in [-0.39, 0.29) is 6.17 Å². The van der Waals surface area contributed by atoms with E-state index in [1.807, 2.05) is 54.3 Å². The lowest BCUT2D eigenvalue weighted by Crippen LogP contribution is -2.37. The van der Waals surface area contributed by atoms with E-state index in [1.165, 1.54) is 5.56 Å². The van der Waals surface area contributed by atoms with Crippen molar-refractivity contribution < 1.29 is 4.74 Å². The molecule has 1 atom stereocenters. The van der Waals surface area contributed by atoms with Gasteiger partial charge in [-0.1, -0.05) is 35.9 Å². The Labute approximate surface area is 135 Å². The van der Waals surface area contributed by atoms with E-state index < -0.39 is 0 Å². The molecule has 0 bridgehead atoms. The highest BCUT2D eigenvalue weighted by molar-refractivity contribution is 7.80. The van der Waals surface area contributed by atoms with Gasteiger partial charge >= 0.3 is 0 Å². The van der Waals surface area contributed by atoms with Gasteiger partial charge in [-0.3, -0.25) is 4.90 Å². The van der Waals surface area contributed by atoms with Crippen LogP contribution in [0.4, 0.5) is 5.69 Å². The van der Waals surface area contributed by atoms with Crippen molar-refractivity contribution in [1.82, 2.24) is 0 Å². The van der Waals surface area contributed by atoms with E-state index in [0.717, 1.165) is 17.0 Å². The van der Waals surface area contributed by atoms with E-state index in [9.17, 15) is 0 Å². The van der Waals surface area contributed by atoms with Crippen LogP contribution in [0.2, 0.25) is 0 Å². The van der Waals surface area contributed by atoms with Crippen LogP contribution in [0, 0.1) is 13.8 Å². The summed E-state index contributed by atoms with van der Waals surface area (Å²) in [6.45, 7) is 4.51. The molecule has 3 rings (SSSR count). The van der Waals surface area contributed by atoms with Crippen molar-refractivity contribution in [3.8, 4) is 5.75 Å². The van der Waals surface area contributed by atoms with Crippen LogP contribution in [-0.2, 0) is 0 Å². The number of aryl methyl sites for hydroxylation is 2. The number of anilines is 1. The first kappa shape index (κ1) is 14.7. The van der Waals surface area contributed by atoms with Gasteiger partial charge in [0.05, 0.1) is 0 Å². The number of hydrogen-bond acceptors (Lipinski definition) is 3. The van der Waals surface area contributed by atoms with Crippen LogP contribution in [0.5, 0.6) is 5.75 Å². The van der Waals surface area contributed by atoms with Crippen LogP contribution in [0.3, 0.4) is 0 Å². The van der Waals surface area contributed by atoms with E-state index in [1.54, 1.807) is 0 Å². The fraction of sp³-hybridized carbons (Fsp3) is 0.235. The molecule has 1 unspecified atom stereocenters. The molecule has 4 nitrogen and oxygen atoms in total. The average Bonchev–Trinajstić information content (AvgIpc) is 2.88. The zero-order valence-corrected chi connectivity index (χ0v) is 13.4. The van der Waals surface area contributed by atoms with Crippen LogP contribution in [0.1, 0.15) is 11.1 Å². The van der Waals surface area contributed by atoms with Crippen LogP contribution in [0.15, 0.2) is 58.8 Å². The Kier molecular flexibility index (Phi) is 4.15. The van der Waals surface area contributed by atoms with Gasteiger partial charge in [-0.05, 0) is 49.8 Å². The minimum absolute atomic E-state index is 0.226. The third-order valence-electron chi connectivity index (χ3n) is 3.53. The molecule has 0 saturated carbocycles. The van der Waals surface area contributed by atoms with E-state index in [4.69, 9.17) is 17.0 Å². The molecule has 0 fully saturated rings. The lowest BCUT2D eigenvalue weighted by atomic mass is 10.1. The third kappa shape index (κ3) is 2.99. The van der Waals surface area contributed by atoms with Crippen LogP contribution < -0.4 is 9.64 Å². The normalized spacial score (nSPS) is 17.1. The second-order valence-corrected chi connectivity index (χ2v) is 5.63. The van der Waals surface area contributed by atoms with Gasteiger partial charge in [0.2, 0.25) is 5.11 Å². The first-order chi connectivity index (χ1) is 10.6. The molecule has 5 heteroatoms. The lowest BCUT2D eigenvalue weighted by Gasteiger charge is -2.23. The zero-order valence-electron chi connectivity index (χ0n) is 12.6. The molecular weight excluding hydrogens is 294 g/mol. The number of para-hydroxylation sites is 1. The summed E-state index contributed by atoms with van der Waals surface area (Å²) < 4.78 is 5.92. The van der Waals surface area contributed by atoms with Crippen LogP contribution in [-0.4, -0.2) is 17.9 Å². The average molecular weight is 311 g/mol. The van der Waals surface area contributed by atoms with Crippen molar-refractivity contribution >= 4 is 23.0 Å². The molecule has 0 radical (unpaired) electrons. The minimum Gasteiger partial charge on any atom is -0.489 e. The summed E-state index contributed by atoms with van der Waals surface area (Å²) in [6.07, 6.45) is -0.226. The summed E-state index contributed by atoms with van der Waals surface area (Å²) in [7, 11) is 0. The minimum atomic E-state index is -0.226. The van der Waals surface area contributed by atoms with Gasteiger partial charge in [-0.2, -0.15) is 5.11 Å². The standard InChI is InChI=1S/C17H17N3OS/c1-12-8-9-15(13(2)10-12)21-11-16-18-19-17(22)20(16)14-6-4-3-5-7-14/h3-10,16H,11H2,1-2H3. The lowest BCUT2D eigenvalue weighted by molar-refractivity contribution is 0.291. The second-order valence-electron chi connectivity index (χ2n) is 5.26. The molecule has 0 aliphatic carbocycles. The maximum absolute atomic E-state index is 5.92. The van der Waals surface area contributed by atoms with Gasteiger partial charge in [0.1, 0.15) is 12.4 Å². The quantitative estimate of drug-likeness (QED) is 0.791. The van der Waals surface area contributed by atoms with Crippen molar-refractivity contribution in [3.05, 3.63) is 59.7 Å². The molecule has 0 saturated heterocycles. The molecule has 0 aromatic heterocycles. The molecule has 1 aliphatic heterocycles. The molecule has 22 heavy (non-hydrogen) atoms. The Morgan fingerprint density at radius 1 is 1.14 bits per heavy atom. The van der Waals surface area contributed by atoms with E-state index in [2.05, 4.69) is 23.2 Å². The zero-order chi connectivity index (χ0) is 15.5. The highest BCUT2D eigenvalue weighted by Gasteiger charge is 2.28. The first-order valence-electron chi connectivity index (χ1n) is 7.14. The van der Waals surface area contributed by atoms with Crippen molar-refractivity contribution in [1.29, 1.82) is 0 Å². The summed E-state index contributed by atoms with van der Waals surface area (Å²) in [5.41, 5.74) is 3.31. The number of azo groups is 1. The predicted molar refractivity (Wildman–Crippen MR) is 91.6 cm³/mol. The number of thiocarbonyl (C=S) groups is 1. The van der Waals surface area contributed by atoms with Crippen LogP contribution >= 0.6 is 12.2 Å². The third-order valence-corrected chi connectivity index (χ3v) is 3.81. The molecule has 1 heterocycles. The van der Waals surface area contributed by atoms with Crippen molar-refractivity contribution in [3.63, 3.8) is 0 Å². The first-order valence-corrected chi connectivity index (χ1v) is 7.55. The van der Waals surface area contributed by atoms with Gasteiger partial charge in [0.25, 0.3) is 0 Å². The summed E-state index contributed by atoms with van der Waals surface area (Å²) >= 11 is 5.28. The topological polar surface area (TPSA) is 37.2 Å². The smallest absolute Gasteiger partial charge is 0.222 e. The number of benzene rings is 2. The summed E-state index contributed by atoms with van der Waals surface area (Å²) in [6, 6.07) is 16.0. The molecule has 1 aliphatic rings. The second kappa shape index (κ2) is 6.23. The van der Waals surface area contributed by atoms with Gasteiger partial charge < -0.3 is 4.74 Å². The number of rotatable bonds is 4. The number of hydrogen-bond donors (Lipinski definition) is 0. The van der Waals surface area contributed by atoms with Gasteiger partial charge in [0.15, 0.2) is 6.17 Å². The Balaban J connectivity index is 1.74. The predicted octanol–water partition coefficient (Wildman–Crippen LogP) is 4.27. The summed E-state index contributed by atoms with van der Waals surface area (Å²) in [4.78, 5) is 1.92. The van der Waals surface area contributed by atoms with Gasteiger partial charge in [-0.25, -0.2) is 0 Å². The number of nitrogens with zero attached hydrogens (tertiary/aromatic N) is 3. The van der Waals surface area contributed by atoms with Gasteiger partial charge in [0, 0.05) is 5.69 Å². The molecule has 0 N–H and O–H groups in total. The molecule has 0 amide bonds. The number of ether oxygens (including phenoxy) is 1. The SMILES string of the molecule is Cc1ccc(OCC2N=NC(=S)N2c2ccccc2)c(C)c1. The summed E-state index contributed by atoms with van der Waals surface area (Å²) in [5, 5.41) is 8.72. The molecule has 112 valence electrons. The van der Waals surface area contributed by atoms with Crippen molar-refractivity contribution in [2.24, 2.45) is 10.2 Å². The molecule has 2 aromatic rings. The van der Waals surface area contributed by atoms with Crippen molar-refractivity contribution in [2.45, 2.75) is 20.0 Å². The fourth-order valence-corrected chi connectivity index (χ4v) is 2.72.